The molecule has 1 saturated heterocycles. The van der Waals surface area contributed by atoms with Crippen molar-refractivity contribution in [2.75, 3.05) is 18.6 Å². The summed E-state index contributed by atoms with van der Waals surface area (Å²) in [5, 5.41) is 3.56. The molecular formula is C16H18N2O4S2. The van der Waals surface area contributed by atoms with E-state index in [0.717, 1.165) is 16.3 Å². The molecule has 1 aromatic carbocycles. The standard InChI is InChI=1S/C16H18N2O4S2/c1-10-14(15(19)18-12-7-8-24(20,21)9-12)23-16(17-10)11-3-5-13(22-2)6-4-11/h3-6,12H,7-9H2,1-2H3,(H,18,19)/t12-/m0/s1. The molecule has 0 spiro atoms. The van der Waals surface area contributed by atoms with Gasteiger partial charge in [-0.15, -0.1) is 11.3 Å². The van der Waals surface area contributed by atoms with Crippen molar-refractivity contribution >= 4 is 27.1 Å². The largest absolute Gasteiger partial charge is 0.497 e. The zero-order chi connectivity index (χ0) is 17.3. The Kier molecular flexibility index (Phi) is 4.60. The van der Waals surface area contributed by atoms with Crippen LogP contribution in [0.4, 0.5) is 0 Å². The fourth-order valence-corrected chi connectivity index (χ4v) is 5.27. The maximum absolute atomic E-state index is 12.4. The average Bonchev–Trinajstić information content (AvgIpc) is 3.10. The SMILES string of the molecule is COc1ccc(-c2nc(C)c(C(=O)N[C@H]3CCS(=O)(=O)C3)s2)cc1. The van der Waals surface area contributed by atoms with E-state index in [-0.39, 0.29) is 23.5 Å². The van der Waals surface area contributed by atoms with Gasteiger partial charge in [-0.25, -0.2) is 13.4 Å². The van der Waals surface area contributed by atoms with Crippen LogP contribution in [0.2, 0.25) is 0 Å². The number of rotatable bonds is 4. The van der Waals surface area contributed by atoms with Gasteiger partial charge in [0, 0.05) is 11.6 Å². The van der Waals surface area contributed by atoms with Gasteiger partial charge in [-0.2, -0.15) is 0 Å². The second-order valence-corrected chi connectivity index (χ2v) is 8.96. The van der Waals surface area contributed by atoms with Gasteiger partial charge in [-0.05, 0) is 37.6 Å². The molecule has 128 valence electrons. The molecule has 1 atom stereocenters. The highest BCUT2D eigenvalue weighted by atomic mass is 32.2. The lowest BCUT2D eigenvalue weighted by molar-refractivity contribution is 0.0944. The number of carbonyl (C=O) groups excluding carboxylic acids is 1. The van der Waals surface area contributed by atoms with Crippen LogP contribution in [0.1, 0.15) is 21.8 Å². The lowest BCUT2D eigenvalue weighted by Gasteiger charge is -2.09. The number of carbonyl (C=O) groups is 1. The third-order valence-electron chi connectivity index (χ3n) is 3.91. The van der Waals surface area contributed by atoms with E-state index in [1.54, 1.807) is 14.0 Å². The predicted molar refractivity (Wildman–Crippen MR) is 93.4 cm³/mol. The van der Waals surface area contributed by atoms with Crippen LogP contribution < -0.4 is 10.1 Å². The minimum Gasteiger partial charge on any atom is -0.497 e. The van der Waals surface area contributed by atoms with Gasteiger partial charge < -0.3 is 10.1 Å². The van der Waals surface area contributed by atoms with Gasteiger partial charge >= 0.3 is 0 Å². The first-order valence-corrected chi connectivity index (χ1v) is 10.1. The third kappa shape index (κ3) is 3.59. The number of thiazole rings is 1. The first-order chi connectivity index (χ1) is 11.4. The summed E-state index contributed by atoms with van der Waals surface area (Å²) in [5.41, 5.74) is 1.55. The Labute approximate surface area is 144 Å². The van der Waals surface area contributed by atoms with Gasteiger partial charge in [-0.1, -0.05) is 0 Å². The summed E-state index contributed by atoms with van der Waals surface area (Å²) in [6.45, 7) is 1.78. The number of nitrogens with one attached hydrogen (secondary N) is 1. The van der Waals surface area contributed by atoms with E-state index in [4.69, 9.17) is 4.74 Å². The molecule has 0 radical (unpaired) electrons. The first kappa shape index (κ1) is 16.9. The molecule has 3 rings (SSSR count). The summed E-state index contributed by atoms with van der Waals surface area (Å²) in [7, 11) is -1.41. The van der Waals surface area contributed by atoms with E-state index in [9.17, 15) is 13.2 Å². The predicted octanol–water partition coefficient (Wildman–Crippen LogP) is 2.04. The first-order valence-electron chi connectivity index (χ1n) is 7.51. The quantitative estimate of drug-likeness (QED) is 0.895. The summed E-state index contributed by atoms with van der Waals surface area (Å²) >= 11 is 1.30. The molecule has 0 saturated carbocycles. The van der Waals surface area contributed by atoms with Crippen LogP contribution in [-0.2, 0) is 9.84 Å². The number of nitrogens with zero attached hydrogens (tertiary/aromatic N) is 1. The second kappa shape index (κ2) is 6.52. The number of aryl methyl sites for hydroxylation is 1. The number of amides is 1. The molecule has 8 heteroatoms. The molecule has 1 aliphatic heterocycles. The number of sulfone groups is 1. The number of hydrogen-bond donors (Lipinski definition) is 1. The Balaban J connectivity index is 1.77. The number of hydrogen-bond acceptors (Lipinski definition) is 6. The Morgan fingerprint density at radius 2 is 2.04 bits per heavy atom. The lowest BCUT2D eigenvalue weighted by atomic mass is 10.2. The Morgan fingerprint density at radius 1 is 1.33 bits per heavy atom. The van der Waals surface area contributed by atoms with Crippen LogP contribution in [0.5, 0.6) is 5.75 Å². The van der Waals surface area contributed by atoms with Crippen LogP contribution in [-0.4, -0.2) is 44.0 Å². The van der Waals surface area contributed by atoms with Crippen molar-refractivity contribution in [3.63, 3.8) is 0 Å². The maximum Gasteiger partial charge on any atom is 0.263 e. The van der Waals surface area contributed by atoms with Crippen molar-refractivity contribution in [2.24, 2.45) is 0 Å². The lowest BCUT2D eigenvalue weighted by Crippen LogP contribution is -2.35. The monoisotopic (exact) mass is 366 g/mol. The van der Waals surface area contributed by atoms with E-state index >= 15 is 0 Å². The molecule has 1 N–H and O–H groups in total. The van der Waals surface area contributed by atoms with E-state index in [0.29, 0.717) is 17.0 Å². The van der Waals surface area contributed by atoms with Crippen LogP contribution in [0.15, 0.2) is 24.3 Å². The molecule has 6 nitrogen and oxygen atoms in total. The van der Waals surface area contributed by atoms with Gasteiger partial charge in [0.15, 0.2) is 9.84 Å². The molecule has 1 aromatic heterocycles. The summed E-state index contributed by atoms with van der Waals surface area (Å²) in [4.78, 5) is 17.4. The normalized spacial score (nSPS) is 19.2. The van der Waals surface area contributed by atoms with E-state index in [2.05, 4.69) is 10.3 Å². The highest BCUT2D eigenvalue weighted by Crippen LogP contribution is 2.29. The highest BCUT2D eigenvalue weighted by Gasteiger charge is 2.30. The summed E-state index contributed by atoms with van der Waals surface area (Å²) < 4.78 is 28.1. The van der Waals surface area contributed by atoms with Gasteiger partial charge in [0.1, 0.15) is 15.6 Å². The molecule has 0 bridgehead atoms. The Bertz CT molecular complexity index is 857. The van der Waals surface area contributed by atoms with Crippen molar-refractivity contribution in [1.82, 2.24) is 10.3 Å². The molecule has 1 aliphatic rings. The minimum absolute atomic E-state index is 0.0158. The fourth-order valence-electron chi connectivity index (χ4n) is 2.62. The van der Waals surface area contributed by atoms with E-state index in [1.807, 2.05) is 24.3 Å². The van der Waals surface area contributed by atoms with Gasteiger partial charge in [0.05, 0.1) is 24.3 Å². The molecule has 0 unspecified atom stereocenters. The smallest absolute Gasteiger partial charge is 0.263 e. The number of benzene rings is 1. The van der Waals surface area contributed by atoms with E-state index in [1.165, 1.54) is 11.3 Å². The summed E-state index contributed by atoms with van der Waals surface area (Å²) in [6, 6.07) is 7.16. The van der Waals surface area contributed by atoms with Crippen molar-refractivity contribution in [1.29, 1.82) is 0 Å². The molecule has 24 heavy (non-hydrogen) atoms. The second-order valence-electron chi connectivity index (χ2n) is 5.74. The van der Waals surface area contributed by atoms with Gasteiger partial charge in [0.2, 0.25) is 0 Å². The maximum atomic E-state index is 12.4. The van der Waals surface area contributed by atoms with Crippen molar-refractivity contribution in [3.05, 3.63) is 34.8 Å². The summed E-state index contributed by atoms with van der Waals surface area (Å²) in [6.07, 6.45) is 0.470. The molecule has 0 aliphatic carbocycles. The van der Waals surface area contributed by atoms with Crippen LogP contribution in [0.3, 0.4) is 0 Å². The van der Waals surface area contributed by atoms with Crippen molar-refractivity contribution in [2.45, 2.75) is 19.4 Å². The number of aromatic nitrogens is 1. The zero-order valence-corrected chi connectivity index (χ0v) is 15.0. The Hall–Kier alpha value is -1.93. The highest BCUT2D eigenvalue weighted by molar-refractivity contribution is 7.91. The van der Waals surface area contributed by atoms with Crippen LogP contribution >= 0.6 is 11.3 Å². The molecular weight excluding hydrogens is 348 g/mol. The third-order valence-corrected chi connectivity index (χ3v) is 6.88. The van der Waals surface area contributed by atoms with Crippen LogP contribution in [0, 0.1) is 6.92 Å². The molecule has 1 amide bonds. The summed E-state index contributed by atoms with van der Waals surface area (Å²) in [5.74, 6) is 0.651. The average molecular weight is 366 g/mol. The molecule has 2 aromatic rings. The van der Waals surface area contributed by atoms with Gasteiger partial charge in [-0.3, -0.25) is 4.79 Å². The fraction of sp³-hybridized carbons (Fsp3) is 0.375. The zero-order valence-electron chi connectivity index (χ0n) is 13.4. The van der Waals surface area contributed by atoms with Gasteiger partial charge in [0.25, 0.3) is 5.91 Å². The molecule has 1 fully saturated rings. The Morgan fingerprint density at radius 3 is 2.62 bits per heavy atom. The van der Waals surface area contributed by atoms with Crippen molar-refractivity contribution in [3.8, 4) is 16.3 Å². The number of ether oxygens (including phenoxy) is 1. The van der Waals surface area contributed by atoms with Crippen LogP contribution in [0.25, 0.3) is 10.6 Å². The molecule has 2 heterocycles. The minimum atomic E-state index is -3.02. The number of methoxy groups -OCH3 is 1. The topological polar surface area (TPSA) is 85.4 Å². The van der Waals surface area contributed by atoms with E-state index < -0.39 is 9.84 Å². The van der Waals surface area contributed by atoms with Crippen molar-refractivity contribution < 1.29 is 17.9 Å².